The smallest absolute Gasteiger partial charge is 0.264 e. The maximum absolute atomic E-state index is 13.1. The number of para-hydroxylation sites is 1. The first kappa shape index (κ1) is 17.2. The molecule has 3 heterocycles. The maximum Gasteiger partial charge on any atom is 0.264 e. The van der Waals surface area contributed by atoms with Crippen molar-refractivity contribution in [3.8, 4) is 23.0 Å². The molecule has 0 radical (unpaired) electrons. The zero-order valence-corrected chi connectivity index (χ0v) is 15.3. The van der Waals surface area contributed by atoms with Crippen LogP contribution in [0, 0.1) is 0 Å². The molecule has 0 aliphatic carbocycles. The summed E-state index contributed by atoms with van der Waals surface area (Å²) in [7, 11) is 1.53. The van der Waals surface area contributed by atoms with Crippen molar-refractivity contribution in [3.05, 3.63) is 65.2 Å². The van der Waals surface area contributed by atoms with Gasteiger partial charge in [0.1, 0.15) is 5.39 Å². The first-order valence-corrected chi connectivity index (χ1v) is 8.87. The second-order valence-corrected chi connectivity index (χ2v) is 6.15. The van der Waals surface area contributed by atoms with Crippen LogP contribution in [-0.4, -0.2) is 37.3 Å². The molecule has 136 valence electrons. The molecule has 3 aromatic heterocycles. The van der Waals surface area contributed by atoms with Crippen LogP contribution in [0.5, 0.6) is 5.88 Å². The molecule has 4 rings (SSSR count). The molecule has 27 heavy (non-hydrogen) atoms. The van der Waals surface area contributed by atoms with Gasteiger partial charge in [-0.3, -0.25) is 9.36 Å². The molecule has 0 spiro atoms. The summed E-state index contributed by atoms with van der Waals surface area (Å²) >= 11 is 5.94. The van der Waals surface area contributed by atoms with Gasteiger partial charge in [-0.15, -0.1) is 11.6 Å². The van der Waals surface area contributed by atoms with Crippen LogP contribution in [0.15, 0.2) is 59.7 Å². The number of aromatic nitrogens is 5. The normalized spacial score (nSPS) is 11.0. The van der Waals surface area contributed by atoms with Crippen molar-refractivity contribution in [1.82, 2.24) is 24.3 Å². The van der Waals surface area contributed by atoms with E-state index in [4.69, 9.17) is 21.3 Å². The highest BCUT2D eigenvalue weighted by Crippen LogP contribution is 2.27. The lowest BCUT2D eigenvalue weighted by atomic mass is 10.2. The Kier molecular flexibility index (Phi) is 4.60. The number of fused-ring (bicyclic) bond motifs is 1. The lowest BCUT2D eigenvalue weighted by molar-refractivity contribution is 0.399. The lowest BCUT2D eigenvalue weighted by Gasteiger charge is -2.13. The maximum atomic E-state index is 13.1. The first-order valence-electron chi connectivity index (χ1n) is 8.34. The van der Waals surface area contributed by atoms with Gasteiger partial charge in [0.15, 0.2) is 11.5 Å². The van der Waals surface area contributed by atoms with Crippen LogP contribution in [0.25, 0.3) is 28.1 Å². The summed E-state index contributed by atoms with van der Waals surface area (Å²) in [6.45, 7) is 0.313. The number of benzene rings is 1. The summed E-state index contributed by atoms with van der Waals surface area (Å²) in [5, 5.41) is 4.79. The molecule has 0 unspecified atom stereocenters. The van der Waals surface area contributed by atoms with Crippen LogP contribution in [0.4, 0.5) is 0 Å². The van der Waals surface area contributed by atoms with Crippen LogP contribution in [0.2, 0.25) is 0 Å². The molecular weight excluding hydrogens is 366 g/mol. The van der Waals surface area contributed by atoms with Crippen LogP contribution in [0.1, 0.15) is 0 Å². The molecule has 0 fully saturated rings. The number of halogens is 1. The van der Waals surface area contributed by atoms with Crippen molar-refractivity contribution < 1.29 is 4.74 Å². The minimum absolute atomic E-state index is 0.205. The van der Waals surface area contributed by atoms with Crippen molar-refractivity contribution in [1.29, 1.82) is 0 Å². The zero-order chi connectivity index (χ0) is 18.8. The van der Waals surface area contributed by atoms with Gasteiger partial charge in [-0.1, -0.05) is 18.2 Å². The molecule has 0 amide bonds. The third kappa shape index (κ3) is 2.96. The molecule has 0 N–H and O–H groups in total. The van der Waals surface area contributed by atoms with Gasteiger partial charge >= 0.3 is 0 Å². The number of hydrogen-bond donors (Lipinski definition) is 0. The minimum Gasteiger partial charge on any atom is -0.480 e. The second-order valence-electron chi connectivity index (χ2n) is 5.77. The highest BCUT2D eigenvalue weighted by Gasteiger charge is 2.19. The number of alkyl halides is 1. The number of ether oxygens (including phenoxy) is 1. The lowest BCUT2D eigenvalue weighted by Crippen LogP contribution is -2.24. The summed E-state index contributed by atoms with van der Waals surface area (Å²) in [6, 6.07) is 13.1. The van der Waals surface area contributed by atoms with Gasteiger partial charge in [-0.25, -0.2) is 14.6 Å². The largest absolute Gasteiger partial charge is 0.480 e. The Morgan fingerprint density at radius 1 is 1.15 bits per heavy atom. The molecule has 0 bridgehead atoms. The van der Waals surface area contributed by atoms with Crippen LogP contribution in [-0.2, 0) is 6.54 Å². The Morgan fingerprint density at radius 3 is 2.70 bits per heavy atom. The van der Waals surface area contributed by atoms with E-state index in [9.17, 15) is 4.79 Å². The highest BCUT2D eigenvalue weighted by atomic mass is 35.5. The van der Waals surface area contributed by atoms with Gasteiger partial charge in [-0.2, -0.15) is 5.10 Å². The van der Waals surface area contributed by atoms with Crippen LogP contribution >= 0.6 is 11.6 Å². The average molecular weight is 382 g/mol. The van der Waals surface area contributed by atoms with Crippen molar-refractivity contribution in [2.24, 2.45) is 0 Å². The van der Waals surface area contributed by atoms with E-state index < -0.39 is 0 Å². The number of methoxy groups -OCH3 is 1. The van der Waals surface area contributed by atoms with E-state index in [1.807, 2.05) is 36.4 Å². The van der Waals surface area contributed by atoms with Gasteiger partial charge in [0.2, 0.25) is 5.88 Å². The quantitative estimate of drug-likeness (QED) is 0.497. The Labute approximate surface area is 159 Å². The SMILES string of the molecule is COc1ncccc1-c1nc2c(cnn2-c2ccccc2)c(=O)n1CCCl. The van der Waals surface area contributed by atoms with Crippen molar-refractivity contribution in [3.63, 3.8) is 0 Å². The Hall–Kier alpha value is -3.19. The van der Waals surface area contributed by atoms with Crippen molar-refractivity contribution >= 4 is 22.6 Å². The van der Waals surface area contributed by atoms with E-state index in [0.717, 1.165) is 5.69 Å². The van der Waals surface area contributed by atoms with Gasteiger partial charge in [-0.05, 0) is 24.3 Å². The Balaban J connectivity index is 2.05. The number of hydrogen-bond acceptors (Lipinski definition) is 5. The summed E-state index contributed by atoms with van der Waals surface area (Å²) < 4.78 is 8.54. The number of rotatable bonds is 5. The van der Waals surface area contributed by atoms with E-state index in [-0.39, 0.29) is 11.4 Å². The Morgan fingerprint density at radius 2 is 1.96 bits per heavy atom. The van der Waals surface area contributed by atoms with E-state index >= 15 is 0 Å². The fourth-order valence-corrected chi connectivity index (χ4v) is 3.15. The van der Waals surface area contributed by atoms with Gasteiger partial charge < -0.3 is 4.74 Å². The third-order valence-electron chi connectivity index (χ3n) is 4.20. The number of nitrogens with zero attached hydrogens (tertiary/aromatic N) is 5. The number of pyridine rings is 1. The molecule has 0 saturated heterocycles. The van der Waals surface area contributed by atoms with Gasteiger partial charge in [0.05, 0.1) is 24.6 Å². The van der Waals surface area contributed by atoms with Crippen LogP contribution in [0.3, 0.4) is 0 Å². The van der Waals surface area contributed by atoms with Crippen molar-refractivity contribution in [2.75, 3.05) is 13.0 Å². The van der Waals surface area contributed by atoms with E-state index in [1.165, 1.54) is 17.9 Å². The monoisotopic (exact) mass is 381 g/mol. The van der Waals surface area contributed by atoms with Gasteiger partial charge in [0.25, 0.3) is 5.56 Å². The molecule has 1 aromatic carbocycles. The fourth-order valence-electron chi connectivity index (χ4n) is 2.98. The predicted octanol–water partition coefficient (Wildman–Crippen LogP) is 2.89. The molecule has 4 aromatic rings. The van der Waals surface area contributed by atoms with Crippen LogP contribution < -0.4 is 10.3 Å². The molecule has 0 saturated carbocycles. The zero-order valence-electron chi connectivity index (χ0n) is 14.5. The third-order valence-corrected chi connectivity index (χ3v) is 4.37. The summed E-state index contributed by atoms with van der Waals surface area (Å²) in [5.74, 6) is 1.10. The molecular formula is C19H16ClN5O2. The van der Waals surface area contributed by atoms with Gasteiger partial charge in [0, 0.05) is 18.6 Å². The predicted molar refractivity (Wildman–Crippen MR) is 104 cm³/mol. The molecule has 0 aliphatic rings. The summed E-state index contributed by atoms with van der Waals surface area (Å²) in [6.07, 6.45) is 3.16. The van der Waals surface area contributed by atoms with E-state index in [2.05, 4.69) is 10.1 Å². The first-order chi connectivity index (χ1) is 13.2. The molecule has 8 heteroatoms. The molecule has 7 nitrogen and oxygen atoms in total. The Bertz CT molecular complexity index is 1150. The second kappa shape index (κ2) is 7.20. The van der Waals surface area contributed by atoms with Crippen molar-refractivity contribution in [2.45, 2.75) is 6.54 Å². The molecule has 0 atom stereocenters. The molecule has 0 aliphatic heterocycles. The highest BCUT2D eigenvalue weighted by molar-refractivity contribution is 6.17. The summed E-state index contributed by atoms with van der Waals surface area (Å²) in [5.41, 5.74) is 1.70. The van der Waals surface area contributed by atoms with E-state index in [0.29, 0.717) is 34.8 Å². The average Bonchev–Trinajstić information content (AvgIpc) is 3.15. The fraction of sp³-hybridized carbons (Fsp3) is 0.158. The topological polar surface area (TPSA) is 74.8 Å². The standard InChI is InChI=1S/C19H16ClN5O2/c1-27-18-14(8-5-10-21-18)16-23-17-15(19(26)24(16)11-9-20)12-22-25(17)13-6-3-2-4-7-13/h2-8,10,12H,9,11H2,1H3. The van der Waals surface area contributed by atoms with E-state index in [1.54, 1.807) is 16.9 Å². The summed E-state index contributed by atoms with van der Waals surface area (Å²) in [4.78, 5) is 22.1. The minimum atomic E-state index is -0.205.